The lowest BCUT2D eigenvalue weighted by molar-refractivity contribution is -0.417. The van der Waals surface area contributed by atoms with Crippen molar-refractivity contribution in [1.29, 1.82) is 0 Å². The van der Waals surface area contributed by atoms with E-state index in [1.54, 1.807) is 0 Å². The SMILES string of the molecule is CCCCCCCCCCCCCCCC(=O)NCC1OC(OC2C(N)CCC(OC3OC(C[NH3+])C(O)C(O)C3O)C2O)C(O)C(N)C1O. The summed E-state index contributed by atoms with van der Waals surface area (Å²) < 4.78 is 23.3. The molecule has 0 bridgehead atoms. The van der Waals surface area contributed by atoms with E-state index >= 15 is 0 Å². The van der Waals surface area contributed by atoms with E-state index in [0.717, 1.165) is 19.3 Å². The van der Waals surface area contributed by atoms with Crippen LogP contribution in [0.3, 0.4) is 0 Å². The Kier molecular flexibility index (Phi) is 19.1. The highest BCUT2D eigenvalue weighted by Gasteiger charge is 2.50. The van der Waals surface area contributed by atoms with Crippen LogP contribution in [0.5, 0.6) is 0 Å². The number of carbonyl (C=O) groups is 1. The third-order valence-corrected chi connectivity index (χ3v) is 10.2. The number of quaternary nitrogens is 1. The summed E-state index contributed by atoms with van der Waals surface area (Å²) in [5.74, 6) is -0.174. The lowest BCUT2D eigenvalue weighted by Crippen LogP contribution is -2.68. The molecule has 0 spiro atoms. The molecule has 1 amide bonds. The van der Waals surface area contributed by atoms with Crippen molar-refractivity contribution in [3.63, 3.8) is 0 Å². The van der Waals surface area contributed by atoms with Crippen LogP contribution in [0.4, 0.5) is 0 Å². The van der Waals surface area contributed by atoms with Crippen molar-refractivity contribution in [1.82, 2.24) is 5.32 Å². The average Bonchev–Trinajstić information content (AvgIpc) is 3.09. The number of aliphatic hydroxyl groups is 6. The maximum atomic E-state index is 12.5. The van der Waals surface area contributed by atoms with Gasteiger partial charge in [-0.05, 0) is 19.3 Å². The van der Waals surface area contributed by atoms with Crippen molar-refractivity contribution in [3.05, 3.63) is 0 Å². The van der Waals surface area contributed by atoms with Crippen molar-refractivity contribution in [2.45, 2.75) is 195 Å². The van der Waals surface area contributed by atoms with Crippen LogP contribution in [-0.4, -0.2) is 135 Å². The molecule has 3 rings (SSSR count). The number of ether oxygens (including phenoxy) is 4. The van der Waals surface area contributed by atoms with Gasteiger partial charge in [-0.15, -0.1) is 0 Å². The van der Waals surface area contributed by atoms with Gasteiger partial charge in [-0.2, -0.15) is 0 Å². The van der Waals surface area contributed by atoms with Crippen molar-refractivity contribution in [2.75, 3.05) is 13.1 Å². The van der Waals surface area contributed by atoms with Gasteiger partial charge in [-0.3, -0.25) is 4.79 Å². The molecule has 49 heavy (non-hydrogen) atoms. The molecule has 15 heteroatoms. The maximum absolute atomic E-state index is 12.5. The highest BCUT2D eigenvalue weighted by atomic mass is 16.7. The van der Waals surface area contributed by atoms with E-state index in [2.05, 4.69) is 18.0 Å². The normalized spacial score (nSPS) is 38.4. The fourth-order valence-corrected chi connectivity index (χ4v) is 6.93. The smallest absolute Gasteiger partial charge is 0.220 e. The Bertz CT molecular complexity index is 923. The van der Waals surface area contributed by atoms with Gasteiger partial charge >= 0.3 is 0 Å². The predicted molar refractivity (Wildman–Crippen MR) is 179 cm³/mol. The third-order valence-electron chi connectivity index (χ3n) is 10.2. The molecule has 288 valence electrons. The molecule has 15 nitrogen and oxygen atoms in total. The summed E-state index contributed by atoms with van der Waals surface area (Å²) in [7, 11) is 0. The van der Waals surface area contributed by atoms with Crippen LogP contribution in [0.2, 0.25) is 0 Å². The number of unbranched alkanes of at least 4 members (excludes halogenated alkanes) is 12. The second-order valence-corrected chi connectivity index (χ2v) is 14.2. The fourth-order valence-electron chi connectivity index (χ4n) is 6.93. The van der Waals surface area contributed by atoms with E-state index in [0.29, 0.717) is 12.8 Å². The summed E-state index contributed by atoms with van der Waals surface area (Å²) in [5.41, 5.74) is 16.1. The van der Waals surface area contributed by atoms with E-state index in [1.165, 1.54) is 64.2 Å². The van der Waals surface area contributed by atoms with Crippen LogP contribution < -0.4 is 22.5 Å². The molecule has 14 atom stereocenters. The number of rotatable bonds is 21. The first-order valence-electron chi connectivity index (χ1n) is 18.8. The molecule has 0 aromatic heterocycles. The van der Waals surface area contributed by atoms with Gasteiger partial charge in [0, 0.05) is 19.0 Å². The van der Waals surface area contributed by atoms with Crippen molar-refractivity contribution in [3.8, 4) is 0 Å². The molecule has 2 aliphatic heterocycles. The Hall–Kier alpha value is -1.05. The van der Waals surface area contributed by atoms with E-state index in [9.17, 15) is 35.4 Å². The van der Waals surface area contributed by atoms with Crippen LogP contribution in [0.25, 0.3) is 0 Å². The van der Waals surface area contributed by atoms with E-state index in [4.69, 9.17) is 30.4 Å². The summed E-state index contributed by atoms with van der Waals surface area (Å²) in [4.78, 5) is 12.5. The molecular weight excluding hydrogens is 640 g/mol. The number of hydrogen-bond donors (Lipinski definition) is 10. The first-order chi connectivity index (χ1) is 23.5. The zero-order chi connectivity index (χ0) is 35.9. The molecule has 2 heterocycles. The molecule has 1 saturated carbocycles. The quantitative estimate of drug-likeness (QED) is 0.0620. The molecule has 2 saturated heterocycles. The lowest BCUT2D eigenvalue weighted by atomic mass is 9.87. The van der Waals surface area contributed by atoms with Crippen LogP contribution in [0.15, 0.2) is 0 Å². The van der Waals surface area contributed by atoms with Crippen molar-refractivity contribution < 1.29 is 60.1 Å². The van der Waals surface area contributed by atoms with Crippen LogP contribution in [0.1, 0.15) is 110 Å². The van der Waals surface area contributed by atoms with Gasteiger partial charge in [0.15, 0.2) is 12.6 Å². The first-order valence-corrected chi connectivity index (χ1v) is 18.8. The fraction of sp³-hybridized carbons (Fsp3) is 0.971. The van der Waals surface area contributed by atoms with Gasteiger partial charge < -0.3 is 72.1 Å². The molecule has 0 radical (unpaired) electrons. The largest absolute Gasteiger partial charge is 0.389 e. The number of nitrogens with two attached hydrogens (primary N) is 2. The second-order valence-electron chi connectivity index (χ2n) is 14.2. The minimum atomic E-state index is -1.58. The van der Waals surface area contributed by atoms with Gasteiger partial charge in [0.05, 0.1) is 18.2 Å². The third kappa shape index (κ3) is 12.8. The highest BCUT2D eigenvalue weighted by Crippen LogP contribution is 2.31. The number of hydrogen-bond acceptors (Lipinski definition) is 13. The number of aliphatic hydroxyl groups excluding tert-OH is 6. The topological polar surface area (TPSA) is 267 Å². The van der Waals surface area contributed by atoms with Gasteiger partial charge in [0.2, 0.25) is 5.91 Å². The summed E-state index contributed by atoms with van der Waals surface area (Å²) >= 11 is 0. The zero-order valence-corrected chi connectivity index (χ0v) is 29.4. The molecule has 3 aliphatic rings. The summed E-state index contributed by atoms with van der Waals surface area (Å²) in [5, 5.41) is 66.2. The van der Waals surface area contributed by atoms with Gasteiger partial charge in [-0.25, -0.2) is 0 Å². The van der Waals surface area contributed by atoms with Crippen LogP contribution in [-0.2, 0) is 23.7 Å². The maximum Gasteiger partial charge on any atom is 0.220 e. The Morgan fingerprint density at radius 1 is 0.694 bits per heavy atom. The van der Waals surface area contributed by atoms with E-state index in [-0.39, 0.29) is 25.4 Å². The standard InChI is InChI=1S/C34H66N4O11/c1-2-3-4-5-6-7-8-9-10-11-12-13-14-15-24(39)38-19-23-26(40)25(37)29(43)33(48-23)49-32-20(36)16-17-21(28(32)42)46-34-31(45)30(44)27(41)22(18-35)47-34/h20-23,25-34,40-45H,2-19,35-37H2,1H3,(H,38,39)/p+1. The Labute approximate surface area is 291 Å². The monoisotopic (exact) mass is 707 g/mol. The number of nitrogens with one attached hydrogen (secondary N) is 1. The lowest BCUT2D eigenvalue weighted by Gasteiger charge is -2.46. The summed E-state index contributed by atoms with van der Waals surface area (Å²) in [6.45, 7) is 2.29. The van der Waals surface area contributed by atoms with Crippen molar-refractivity contribution in [2.24, 2.45) is 11.5 Å². The van der Waals surface area contributed by atoms with E-state index < -0.39 is 85.7 Å². The molecule has 3 fully saturated rings. The summed E-state index contributed by atoms with van der Waals surface area (Å²) in [6.07, 6.45) is 1.50. The predicted octanol–water partition coefficient (Wildman–Crippen LogP) is -1.34. The molecule has 14 unspecified atom stereocenters. The van der Waals surface area contributed by atoms with Gasteiger partial charge in [-0.1, -0.05) is 84.0 Å². The Morgan fingerprint density at radius 2 is 1.24 bits per heavy atom. The Morgan fingerprint density at radius 3 is 1.84 bits per heavy atom. The Balaban J connectivity index is 1.40. The second kappa shape index (κ2) is 22.1. The van der Waals surface area contributed by atoms with Crippen LogP contribution >= 0.6 is 0 Å². The van der Waals surface area contributed by atoms with Crippen molar-refractivity contribution >= 4 is 5.91 Å². The van der Waals surface area contributed by atoms with Gasteiger partial charge in [0.1, 0.15) is 55.4 Å². The number of carbonyl (C=O) groups excluding carboxylic acids is 1. The first kappa shape index (κ1) is 42.4. The molecule has 1 aliphatic carbocycles. The van der Waals surface area contributed by atoms with E-state index in [1.807, 2.05) is 0 Å². The minimum absolute atomic E-state index is 0.0533. The number of amides is 1. The molecule has 14 N–H and O–H groups in total. The molecular formula is C34H67N4O11+. The highest BCUT2D eigenvalue weighted by molar-refractivity contribution is 5.75. The van der Waals surface area contributed by atoms with Gasteiger partial charge in [0.25, 0.3) is 0 Å². The summed E-state index contributed by atoms with van der Waals surface area (Å²) in [6, 6.07) is -1.85. The minimum Gasteiger partial charge on any atom is -0.389 e. The molecule has 0 aromatic carbocycles. The van der Waals surface area contributed by atoms with Crippen LogP contribution in [0, 0.1) is 0 Å². The zero-order valence-electron chi connectivity index (χ0n) is 29.4. The molecule has 0 aromatic rings. The average molecular weight is 708 g/mol.